The fraction of sp³-hybridized carbons (Fsp3) is 0.556. The third-order valence-corrected chi connectivity index (χ3v) is 2.26. The van der Waals surface area contributed by atoms with Crippen LogP contribution in [0.5, 0.6) is 0 Å². The van der Waals surface area contributed by atoms with E-state index < -0.39 is 0 Å². The Bertz CT molecular complexity index is 361. The van der Waals surface area contributed by atoms with E-state index in [0.29, 0.717) is 5.82 Å². The zero-order valence-corrected chi connectivity index (χ0v) is 8.64. The van der Waals surface area contributed by atoms with Gasteiger partial charge in [0.1, 0.15) is 0 Å². The lowest BCUT2D eigenvalue weighted by molar-refractivity contribution is 0.269. The van der Waals surface area contributed by atoms with Gasteiger partial charge in [-0.1, -0.05) is 0 Å². The fourth-order valence-corrected chi connectivity index (χ4v) is 1.06. The number of aromatic nitrogens is 2. The average Bonchev–Trinajstić information content (AvgIpc) is 2.20. The van der Waals surface area contributed by atoms with Crippen molar-refractivity contribution in [1.82, 2.24) is 9.55 Å². The molecule has 0 aromatic carbocycles. The van der Waals surface area contributed by atoms with Gasteiger partial charge in [-0.05, 0) is 6.92 Å². The third kappa shape index (κ3) is 1.93. The molecule has 0 saturated heterocycles. The quantitative estimate of drug-likeness (QED) is 0.716. The van der Waals surface area contributed by atoms with Crippen LogP contribution < -0.4 is 10.5 Å². The zero-order valence-electron chi connectivity index (χ0n) is 8.64. The Morgan fingerprint density at radius 3 is 2.93 bits per heavy atom. The van der Waals surface area contributed by atoms with Gasteiger partial charge in [0.05, 0.1) is 12.6 Å². The number of aryl methyl sites for hydroxylation is 1. The molecule has 5 heteroatoms. The Morgan fingerprint density at radius 1 is 1.71 bits per heavy atom. The lowest BCUT2D eigenvalue weighted by Gasteiger charge is -2.23. The number of aliphatic hydroxyl groups excluding tert-OH is 1. The average molecular weight is 197 g/mol. The van der Waals surface area contributed by atoms with E-state index in [1.165, 1.54) is 4.57 Å². The Hall–Kier alpha value is -1.36. The molecule has 0 aliphatic rings. The van der Waals surface area contributed by atoms with Gasteiger partial charge >= 0.3 is 0 Å². The van der Waals surface area contributed by atoms with E-state index in [0.717, 1.165) is 0 Å². The van der Waals surface area contributed by atoms with Crippen molar-refractivity contribution in [2.45, 2.75) is 13.0 Å². The van der Waals surface area contributed by atoms with Crippen molar-refractivity contribution >= 4 is 5.82 Å². The van der Waals surface area contributed by atoms with E-state index >= 15 is 0 Å². The van der Waals surface area contributed by atoms with Gasteiger partial charge in [-0.3, -0.25) is 4.79 Å². The summed E-state index contributed by atoms with van der Waals surface area (Å²) in [5.41, 5.74) is -0.157. The highest BCUT2D eigenvalue weighted by Gasteiger charge is 2.13. The Labute approximate surface area is 82.6 Å². The largest absolute Gasteiger partial charge is 0.394 e. The lowest BCUT2D eigenvalue weighted by atomic mass is 10.3. The monoisotopic (exact) mass is 197 g/mol. The van der Waals surface area contributed by atoms with E-state index in [1.807, 2.05) is 6.92 Å². The first kappa shape index (κ1) is 10.7. The molecule has 1 unspecified atom stereocenters. The molecule has 1 heterocycles. The minimum atomic E-state index is -0.157. The van der Waals surface area contributed by atoms with Crippen molar-refractivity contribution in [3.63, 3.8) is 0 Å². The smallest absolute Gasteiger partial charge is 0.293 e. The normalized spacial score (nSPS) is 12.6. The maximum atomic E-state index is 11.6. The van der Waals surface area contributed by atoms with Gasteiger partial charge in [0.2, 0.25) is 0 Å². The molecule has 78 valence electrons. The fourth-order valence-electron chi connectivity index (χ4n) is 1.06. The molecule has 0 amide bonds. The maximum absolute atomic E-state index is 11.6. The summed E-state index contributed by atoms with van der Waals surface area (Å²) in [5.74, 6) is 0.358. The molecule has 0 bridgehead atoms. The van der Waals surface area contributed by atoms with Crippen LogP contribution >= 0.6 is 0 Å². The van der Waals surface area contributed by atoms with Crippen LogP contribution in [0.25, 0.3) is 0 Å². The number of aliphatic hydroxyl groups is 1. The summed E-state index contributed by atoms with van der Waals surface area (Å²) in [6.07, 6.45) is 3.17. The van der Waals surface area contributed by atoms with Crippen LogP contribution in [0.4, 0.5) is 5.82 Å². The molecule has 1 N–H and O–H groups in total. The van der Waals surface area contributed by atoms with Gasteiger partial charge < -0.3 is 14.6 Å². The van der Waals surface area contributed by atoms with Gasteiger partial charge in [0.15, 0.2) is 5.82 Å². The van der Waals surface area contributed by atoms with E-state index in [4.69, 9.17) is 5.11 Å². The van der Waals surface area contributed by atoms with Crippen molar-refractivity contribution in [2.24, 2.45) is 7.05 Å². The second-order valence-corrected chi connectivity index (χ2v) is 3.31. The van der Waals surface area contributed by atoms with Gasteiger partial charge in [0, 0.05) is 26.5 Å². The van der Waals surface area contributed by atoms with E-state index in [-0.39, 0.29) is 18.2 Å². The van der Waals surface area contributed by atoms with E-state index in [1.54, 1.807) is 31.4 Å². The predicted molar refractivity (Wildman–Crippen MR) is 54.4 cm³/mol. The molecule has 1 aromatic rings. The molecule has 0 fully saturated rings. The van der Waals surface area contributed by atoms with Crippen LogP contribution in [-0.2, 0) is 7.05 Å². The van der Waals surface area contributed by atoms with Crippen molar-refractivity contribution < 1.29 is 5.11 Å². The van der Waals surface area contributed by atoms with Crippen LogP contribution in [-0.4, -0.2) is 34.4 Å². The molecule has 0 aliphatic carbocycles. The molecule has 0 radical (unpaired) electrons. The number of hydrogen-bond donors (Lipinski definition) is 1. The predicted octanol–water partition coefficient (Wildman–Crippen LogP) is -0.403. The molecular formula is C9H15N3O2. The van der Waals surface area contributed by atoms with E-state index in [2.05, 4.69) is 4.98 Å². The van der Waals surface area contributed by atoms with Crippen LogP contribution in [0.2, 0.25) is 0 Å². The number of hydrogen-bond acceptors (Lipinski definition) is 4. The third-order valence-electron chi connectivity index (χ3n) is 2.26. The minimum Gasteiger partial charge on any atom is -0.394 e. The Kier molecular flexibility index (Phi) is 3.24. The second kappa shape index (κ2) is 4.23. The van der Waals surface area contributed by atoms with Crippen molar-refractivity contribution in [3.05, 3.63) is 22.7 Å². The van der Waals surface area contributed by atoms with Gasteiger partial charge in [0.25, 0.3) is 5.56 Å². The summed E-state index contributed by atoms with van der Waals surface area (Å²) in [6, 6.07) is -0.113. The highest BCUT2D eigenvalue weighted by molar-refractivity contribution is 5.35. The minimum absolute atomic E-state index is 0.00374. The number of likely N-dealkylation sites (N-methyl/N-ethyl adjacent to an activating group) is 1. The van der Waals surface area contributed by atoms with Gasteiger partial charge in [-0.2, -0.15) is 0 Å². The molecule has 14 heavy (non-hydrogen) atoms. The lowest BCUT2D eigenvalue weighted by Crippen LogP contribution is -2.37. The Balaban J connectivity index is 3.07. The molecule has 5 nitrogen and oxygen atoms in total. The Morgan fingerprint density at radius 2 is 2.36 bits per heavy atom. The van der Waals surface area contributed by atoms with Crippen LogP contribution in [0.15, 0.2) is 17.2 Å². The first-order valence-corrected chi connectivity index (χ1v) is 4.43. The highest BCUT2D eigenvalue weighted by Crippen LogP contribution is 2.04. The second-order valence-electron chi connectivity index (χ2n) is 3.31. The van der Waals surface area contributed by atoms with Gasteiger partial charge in [-0.15, -0.1) is 0 Å². The number of anilines is 1. The topological polar surface area (TPSA) is 58.4 Å². The molecule has 1 aromatic heterocycles. The number of nitrogens with zero attached hydrogens (tertiary/aromatic N) is 3. The van der Waals surface area contributed by atoms with Gasteiger partial charge in [-0.25, -0.2) is 4.98 Å². The summed E-state index contributed by atoms with van der Waals surface area (Å²) in [5, 5.41) is 8.95. The standard InChI is InChI=1S/C9H15N3O2/c1-7(6-13)12(3)8-9(14)11(2)5-4-10-8/h4-5,7,13H,6H2,1-3H3. The number of rotatable bonds is 3. The molecule has 0 spiro atoms. The summed E-state index contributed by atoms with van der Waals surface area (Å²) in [4.78, 5) is 17.3. The molecule has 0 aliphatic heterocycles. The first-order chi connectivity index (χ1) is 6.57. The van der Waals surface area contributed by atoms with Crippen molar-refractivity contribution in [2.75, 3.05) is 18.6 Å². The zero-order chi connectivity index (χ0) is 10.7. The van der Waals surface area contributed by atoms with E-state index in [9.17, 15) is 4.79 Å². The molecule has 0 saturated carbocycles. The van der Waals surface area contributed by atoms with Crippen LogP contribution in [0, 0.1) is 0 Å². The maximum Gasteiger partial charge on any atom is 0.293 e. The van der Waals surface area contributed by atoms with Crippen LogP contribution in [0.3, 0.4) is 0 Å². The highest BCUT2D eigenvalue weighted by atomic mass is 16.3. The molecule has 1 atom stereocenters. The van der Waals surface area contributed by atoms with Crippen LogP contribution in [0.1, 0.15) is 6.92 Å². The molecular weight excluding hydrogens is 182 g/mol. The van der Waals surface area contributed by atoms with Crippen molar-refractivity contribution in [3.8, 4) is 0 Å². The summed E-state index contributed by atoms with van der Waals surface area (Å²) in [7, 11) is 3.41. The SMILES string of the molecule is CC(CO)N(C)c1nccn(C)c1=O. The van der Waals surface area contributed by atoms with Crippen molar-refractivity contribution in [1.29, 1.82) is 0 Å². The summed E-state index contributed by atoms with van der Waals surface area (Å²) < 4.78 is 1.46. The summed E-state index contributed by atoms with van der Waals surface area (Å²) in [6.45, 7) is 1.82. The molecule has 1 rings (SSSR count). The first-order valence-electron chi connectivity index (χ1n) is 4.43. The summed E-state index contributed by atoms with van der Waals surface area (Å²) >= 11 is 0.